The highest BCUT2D eigenvalue weighted by molar-refractivity contribution is 5.98. The Kier molecular flexibility index (Phi) is 4.75. The van der Waals surface area contributed by atoms with Gasteiger partial charge in [-0.1, -0.05) is 38.0 Å². The molecule has 0 bridgehead atoms. The summed E-state index contributed by atoms with van der Waals surface area (Å²) in [6.07, 6.45) is 4.46. The Bertz CT molecular complexity index is 344. The summed E-state index contributed by atoms with van der Waals surface area (Å²) in [6.45, 7) is 5.44. The summed E-state index contributed by atoms with van der Waals surface area (Å²) in [6, 6.07) is 7.63. The molecule has 0 unspecified atom stereocenters. The Hall–Kier alpha value is -1.44. The van der Waals surface area contributed by atoms with Crippen molar-refractivity contribution in [2.75, 3.05) is 0 Å². The number of nitrogens with zero attached hydrogens (tertiary/aromatic N) is 1. The largest absolute Gasteiger partial charge is 0.276 e. The van der Waals surface area contributed by atoms with Crippen LogP contribution < -0.4 is 0 Å². The molecule has 0 aliphatic carbocycles. The molecule has 0 aliphatic rings. The monoisotopic (exact) mass is 203 g/mol. The van der Waals surface area contributed by atoms with Gasteiger partial charge in [0.1, 0.15) is 0 Å². The number of carbonyl (C=O) groups is 1. The SMILES string of the molecule is C=NC(=O)c1ccccc1CCCCC. The Morgan fingerprint density at radius 3 is 2.73 bits per heavy atom. The van der Waals surface area contributed by atoms with E-state index < -0.39 is 0 Å². The number of unbranched alkanes of at least 4 members (excludes halogenated alkanes) is 2. The third kappa shape index (κ3) is 3.31. The lowest BCUT2D eigenvalue weighted by molar-refractivity contribution is 0.100. The van der Waals surface area contributed by atoms with Crippen molar-refractivity contribution >= 4 is 12.6 Å². The lowest BCUT2D eigenvalue weighted by atomic mass is 10.0. The first-order valence-electron chi connectivity index (χ1n) is 5.38. The highest BCUT2D eigenvalue weighted by Gasteiger charge is 2.07. The third-order valence-corrected chi connectivity index (χ3v) is 2.44. The van der Waals surface area contributed by atoms with Crippen LogP contribution in [0.1, 0.15) is 42.1 Å². The molecule has 0 fully saturated rings. The molecule has 0 atom stereocenters. The molecule has 1 amide bonds. The Balaban J connectivity index is 2.77. The maximum Gasteiger partial charge on any atom is 0.276 e. The van der Waals surface area contributed by atoms with Gasteiger partial charge in [-0.15, -0.1) is 0 Å². The van der Waals surface area contributed by atoms with E-state index in [2.05, 4.69) is 18.6 Å². The second-order valence-corrected chi connectivity index (χ2v) is 3.58. The fourth-order valence-electron chi connectivity index (χ4n) is 1.60. The molecule has 1 rings (SSSR count). The van der Waals surface area contributed by atoms with E-state index in [1.807, 2.05) is 24.3 Å². The van der Waals surface area contributed by atoms with Gasteiger partial charge in [0, 0.05) is 5.56 Å². The van der Waals surface area contributed by atoms with Gasteiger partial charge < -0.3 is 0 Å². The first kappa shape index (κ1) is 11.6. The molecule has 1 aromatic carbocycles. The molecule has 1 aromatic rings. The van der Waals surface area contributed by atoms with E-state index in [9.17, 15) is 4.79 Å². The molecular formula is C13H17NO. The van der Waals surface area contributed by atoms with Crippen LogP contribution in [0.2, 0.25) is 0 Å². The molecule has 80 valence electrons. The number of carbonyl (C=O) groups excluding carboxylic acids is 1. The number of rotatable bonds is 5. The number of amides is 1. The number of aryl methyl sites for hydroxylation is 1. The summed E-state index contributed by atoms with van der Waals surface area (Å²) in [7, 11) is 0. The number of benzene rings is 1. The lowest BCUT2D eigenvalue weighted by Crippen LogP contribution is -2.00. The third-order valence-electron chi connectivity index (χ3n) is 2.44. The van der Waals surface area contributed by atoms with E-state index >= 15 is 0 Å². The van der Waals surface area contributed by atoms with Crippen LogP contribution in [-0.4, -0.2) is 12.6 Å². The summed E-state index contributed by atoms with van der Waals surface area (Å²) in [5.74, 6) is -0.220. The van der Waals surface area contributed by atoms with Crippen molar-refractivity contribution in [2.45, 2.75) is 32.6 Å². The molecule has 0 aromatic heterocycles. The predicted molar refractivity (Wildman–Crippen MR) is 63.6 cm³/mol. The van der Waals surface area contributed by atoms with Crippen molar-refractivity contribution in [2.24, 2.45) is 4.99 Å². The summed E-state index contributed by atoms with van der Waals surface area (Å²) in [4.78, 5) is 14.9. The van der Waals surface area contributed by atoms with Gasteiger partial charge in [-0.25, -0.2) is 4.99 Å². The molecule has 0 saturated heterocycles. The Labute approximate surface area is 91.0 Å². The highest BCUT2D eigenvalue weighted by Crippen LogP contribution is 2.13. The summed E-state index contributed by atoms with van der Waals surface area (Å²) < 4.78 is 0. The minimum Gasteiger partial charge on any atom is -0.267 e. The zero-order valence-electron chi connectivity index (χ0n) is 9.20. The van der Waals surface area contributed by atoms with Crippen molar-refractivity contribution in [3.8, 4) is 0 Å². The van der Waals surface area contributed by atoms with Gasteiger partial charge in [0.05, 0.1) is 0 Å². The fourth-order valence-corrected chi connectivity index (χ4v) is 1.60. The average Bonchev–Trinajstić information content (AvgIpc) is 2.29. The Morgan fingerprint density at radius 1 is 1.33 bits per heavy atom. The molecule has 0 radical (unpaired) electrons. The number of aliphatic imine (C=N–C) groups is 1. The molecule has 0 spiro atoms. The molecule has 0 N–H and O–H groups in total. The van der Waals surface area contributed by atoms with Gasteiger partial charge in [0.2, 0.25) is 0 Å². The van der Waals surface area contributed by atoms with Gasteiger partial charge in [-0.05, 0) is 31.2 Å². The van der Waals surface area contributed by atoms with Crippen molar-refractivity contribution in [1.82, 2.24) is 0 Å². The van der Waals surface area contributed by atoms with Gasteiger partial charge in [0.15, 0.2) is 0 Å². The summed E-state index contributed by atoms with van der Waals surface area (Å²) in [5, 5.41) is 0. The van der Waals surface area contributed by atoms with E-state index in [-0.39, 0.29) is 5.91 Å². The van der Waals surface area contributed by atoms with Crippen molar-refractivity contribution in [3.63, 3.8) is 0 Å². The molecule has 0 heterocycles. The smallest absolute Gasteiger partial charge is 0.267 e. The van der Waals surface area contributed by atoms with Gasteiger partial charge in [0.25, 0.3) is 5.91 Å². The van der Waals surface area contributed by atoms with Crippen LogP contribution in [0, 0.1) is 0 Å². The second-order valence-electron chi connectivity index (χ2n) is 3.58. The zero-order valence-corrected chi connectivity index (χ0v) is 9.20. The summed E-state index contributed by atoms with van der Waals surface area (Å²) >= 11 is 0. The van der Waals surface area contributed by atoms with Crippen LogP contribution in [0.4, 0.5) is 0 Å². The van der Waals surface area contributed by atoms with E-state index in [1.54, 1.807) is 0 Å². The normalized spacial score (nSPS) is 9.93. The first-order valence-corrected chi connectivity index (χ1v) is 5.38. The van der Waals surface area contributed by atoms with E-state index in [0.29, 0.717) is 5.56 Å². The average molecular weight is 203 g/mol. The van der Waals surface area contributed by atoms with Gasteiger partial charge in [-0.2, -0.15) is 0 Å². The van der Waals surface area contributed by atoms with Gasteiger partial charge >= 0.3 is 0 Å². The van der Waals surface area contributed by atoms with Crippen LogP contribution in [0.3, 0.4) is 0 Å². The van der Waals surface area contributed by atoms with E-state index in [0.717, 1.165) is 18.4 Å². The molecule has 0 aliphatic heterocycles. The molecule has 15 heavy (non-hydrogen) atoms. The van der Waals surface area contributed by atoms with E-state index in [1.165, 1.54) is 12.8 Å². The molecule has 0 saturated carbocycles. The first-order chi connectivity index (χ1) is 7.29. The maximum atomic E-state index is 11.4. The van der Waals surface area contributed by atoms with Crippen molar-refractivity contribution in [1.29, 1.82) is 0 Å². The summed E-state index contributed by atoms with van der Waals surface area (Å²) in [5.41, 5.74) is 1.78. The van der Waals surface area contributed by atoms with Crippen LogP contribution in [0.15, 0.2) is 29.3 Å². The number of hydrogen-bond donors (Lipinski definition) is 0. The predicted octanol–water partition coefficient (Wildman–Crippen LogP) is 3.26. The quantitative estimate of drug-likeness (QED) is 0.533. The second kappa shape index (κ2) is 6.12. The van der Waals surface area contributed by atoms with Crippen molar-refractivity contribution < 1.29 is 4.79 Å². The number of hydrogen-bond acceptors (Lipinski definition) is 1. The maximum absolute atomic E-state index is 11.4. The van der Waals surface area contributed by atoms with Crippen molar-refractivity contribution in [3.05, 3.63) is 35.4 Å². The van der Waals surface area contributed by atoms with Crippen LogP contribution in [-0.2, 0) is 6.42 Å². The lowest BCUT2D eigenvalue weighted by Gasteiger charge is -2.05. The molecule has 2 nitrogen and oxygen atoms in total. The van der Waals surface area contributed by atoms with Crippen LogP contribution in [0.25, 0.3) is 0 Å². The Morgan fingerprint density at radius 2 is 2.07 bits per heavy atom. The minimum atomic E-state index is -0.220. The van der Waals surface area contributed by atoms with Gasteiger partial charge in [-0.3, -0.25) is 4.79 Å². The highest BCUT2D eigenvalue weighted by atomic mass is 16.1. The topological polar surface area (TPSA) is 29.4 Å². The minimum absolute atomic E-state index is 0.220. The fraction of sp³-hybridized carbons (Fsp3) is 0.385. The standard InChI is InChI=1S/C13H17NO/c1-3-4-5-8-11-9-6-7-10-12(11)13(15)14-2/h6-7,9-10H,2-5,8H2,1H3. The molecular weight excluding hydrogens is 186 g/mol. The van der Waals surface area contributed by atoms with Crippen LogP contribution in [0.5, 0.6) is 0 Å². The van der Waals surface area contributed by atoms with Crippen LogP contribution >= 0.6 is 0 Å². The molecule has 2 heteroatoms. The van der Waals surface area contributed by atoms with E-state index in [4.69, 9.17) is 0 Å². The zero-order chi connectivity index (χ0) is 11.1.